The number of amides is 2. The van der Waals surface area contributed by atoms with Gasteiger partial charge in [0.1, 0.15) is 0 Å². The Balaban J connectivity index is 1.85. The molecule has 1 atom stereocenters. The van der Waals surface area contributed by atoms with Gasteiger partial charge in [0.2, 0.25) is 11.8 Å². The van der Waals surface area contributed by atoms with Gasteiger partial charge >= 0.3 is 0 Å². The Kier molecular flexibility index (Phi) is 6.03. The molecular formula is C24H27N3O2. The molecule has 3 rings (SSSR count). The summed E-state index contributed by atoms with van der Waals surface area (Å²) in [6.07, 6.45) is 0.188. The first-order chi connectivity index (χ1) is 13.8. The number of benzene rings is 2. The maximum atomic E-state index is 12.9. The molecule has 0 aliphatic carbocycles. The van der Waals surface area contributed by atoms with Crippen LogP contribution in [0.15, 0.2) is 42.5 Å². The van der Waals surface area contributed by atoms with Gasteiger partial charge in [0.25, 0.3) is 0 Å². The highest BCUT2D eigenvalue weighted by Crippen LogP contribution is 2.38. The zero-order valence-electron chi connectivity index (χ0n) is 17.4. The Labute approximate surface area is 172 Å². The van der Waals surface area contributed by atoms with Crippen molar-refractivity contribution >= 4 is 23.2 Å². The Hall–Kier alpha value is -3.13. The predicted octanol–water partition coefficient (Wildman–Crippen LogP) is 4.80. The standard InChI is InChI=1S/C24H27N3O2/c1-15(2)20-9-6-10-21(16(3)4)23(20)27-14-18(12-22(27)28)24(29)26-19-8-5-7-17(11-19)13-25/h5-11,15-16,18H,12,14H2,1-4H3,(H,26,29). The number of anilines is 2. The molecule has 150 valence electrons. The lowest BCUT2D eigenvalue weighted by Gasteiger charge is -2.27. The summed E-state index contributed by atoms with van der Waals surface area (Å²) in [4.78, 5) is 27.5. The lowest BCUT2D eigenvalue weighted by molar-refractivity contribution is -0.122. The molecule has 1 N–H and O–H groups in total. The minimum Gasteiger partial charge on any atom is -0.326 e. The van der Waals surface area contributed by atoms with Gasteiger partial charge in [-0.2, -0.15) is 5.26 Å². The fourth-order valence-electron chi connectivity index (χ4n) is 3.83. The van der Waals surface area contributed by atoms with Gasteiger partial charge in [-0.1, -0.05) is 52.0 Å². The van der Waals surface area contributed by atoms with Crippen LogP contribution in [-0.4, -0.2) is 18.4 Å². The first-order valence-corrected chi connectivity index (χ1v) is 10.1. The van der Waals surface area contributed by atoms with E-state index >= 15 is 0 Å². The molecule has 2 aromatic rings. The van der Waals surface area contributed by atoms with E-state index in [1.807, 2.05) is 6.07 Å². The Morgan fingerprint density at radius 3 is 2.31 bits per heavy atom. The molecule has 0 aromatic heterocycles. The van der Waals surface area contributed by atoms with Crippen molar-refractivity contribution in [3.05, 3.63) is 59.2 Å². The summed E-state index contributed by atoms with van der Waals surface area (Å²) < 4.78 is 0. The van der Waals surface area contributed by atoms with Crippen molar-refractivity contribution in [1.29, 1.82) is 5.26 Å². The summed E-state index contributed by atoms with van der Waals surface area (Å²) in [6, 6.07) is 15.0. The number of carbonyl (C=O) groups excluding carboxylic acids is 2. The second-order valence-corrected chi connectivity index (χ2v) is 8.18. The summed E-state index contributed by atoms with van der Waals surface area (Å²) in [7, 11) is 0. The van der Waals surface area contributed by atoms with Crippen LogP contribution in [-0.2, 0) is 9.59 Å². The van der Waals surface area contributed by atoms with Crippen molar-refractivity contribution in [2.24, 2.45) is 5.92 Å². The van der Waals surface area contributed by atoms with Crippen LogP contribution in [0.5, 0.6) is 0 Å². The molecule has 0 spiro atoms. The van der Waals surface area contributed by atoms with Crippen LogP contribution >= 0.6 is 0 Å². The fourth-order valence-corrected chi connectivity index (χ4v) is 3.83. The van der Waals surface area contributed by atoms with Crippen LogP contribution < -0.4 is 10.2 Å². The number of rotatable bonds is 5. The van der Waals surface area contributed by atoms with Gasteiger partial charge in [0.05, 0.1) is 23.2 Å². The normalized spacial score (nSPS) is 16.4. The van der Waals surface area contributed by atoms with Crippen molar-refractivity contribution in [3.8, 4) is 6.07 Å². The van der Waals surface area contributed by atoms with Gasteiger partial charge in [0.15, 0.2) is 0 Å². The molecular weight excluding hydrogens is 362 g/mol. The molecule has 0 saturated carbocycles. The van der Waals surface area contributed by atoms with Gasteiger partial charge in [-0.05, 0) is 41.2 Å². The van der Waals surface area contributed by atoms with Crippen molar-refractivity contribution in [1.82, 2.24) is 0 Å². The van der Waals surface area contributed by atoms with Crippen molar-refractivity contribution in [3.63, 3.8) is 0 Å². The van der Waals surface area contributed by atoms with E-state index in [1.165, 1.54) is 0 Å². The second kappa shape index (κ2) is 8.48. The minimum atomic E-state index is -0.423. The number of nitrogens with one attached hydrogen (secondary N) is 1. The van der Waals surface area contributed by atoms with Gasteiger partial charge in [-0.3, -0.25) is 9.59 Å². The second-order valence-electron chi connectivity index (χ2n) is 8.18. The fraction of sp³-hybridized carbons (Fsp3) is 0.375. The molecule has 2 aromatic carbocycles. The van der Waals surface area contributed by atoms with Gasteiger partial charge < -0.3 is 10.2 Å². The first kappa shape index (κ1) is 20.6. The average Bonchev–Trinajstić information content (AvgIpc) is 3.08. The lowest BCUT2D eigenvalue weighted by Crippen LogP contribution is -2.30. The van der Waals surface area contributed by atoms with E-state index in [1.54, 1.807) is 29.2 Å². The van der Waals surface area contributed by atoms with Crippen LogP contribution in [0.4, 0.5) is 11.4 Å². The molecule has 1 saturated heterocycles. The smallest absolute Gasteiger partial charge is 0.229 e. The van der Waals surface area contributed by atoms with Gasteiger partial charge in [-0.25, -0.2) is 0 Å². The third kappa shape index (κ3) is 4.32. The van der Waals surface area contributed by atoms with Crippen molar-refractivity contribution < 1.29 is 9.59 Å². The van der Waals surface area contributed by atoms with Crippen LogP contribution in [0.2, 0.25) is 0 Å². The molecule has 1 unspecified atom stereocenters. The number of carbonyl (C=O) groups is 2. The third-order valence-electron chi connectivity index (χ3n) is 5.37. The Morgan fingerprint density at radius 1 is 1.10 bits per heavy atom. The molecule has 5 heteroatoms. The van der Waals surface area contributed by atoms with E-state index in [0.29, 0.717) is 17.8 Å². The highest BCUT2D eigenvalue weighted by molar-refractivity contribution is 6.04. The van der Waals surface area contributed by atoms with Crippen molar-refractivity contribution in [2.75, 3.05) is 16.8 Å². The maximum absolute atomic E-state index is 12.9. The lowest BCUT2D eigenvalue weighted by atomic mass is 9.92. The molecule has 1 aliphatic rings. The maximum Gasteiger partial charge on any atom is 0.229 e. The summed E-state index contributed by atoms with van der Waals surface area (Å²) in [5, 5.41) is 11.9. The van der Waals surface area contributed by atoms with E-state index < -0.39 is 5.92 Å². The number of hydrogen-bond acceptors (Lipinski definition) is 3. The van der Waals surface area contributed by atoms with Crippen LogP contribution in [0.1, 0.15) is 62.6 Å². The first-order valence-electron chi connectivity index (χ1n) is 10.1. The zero-order valence-corrected chi connectivity index (χ0v) is 17.4. The van der Waals surface area contributed by atoms with E-state index in [2.05, 4.69) is 51.2 Å². The van der Waals surface area contributed by atoms with E-state index in [9.17, 15) is 9.59 Å². The summed E-state index contributed by atoms with van der Waals surface area (Å²) in [6.45, 7) is 8.85. The van der Waals surface area contributed by atoms with Gasteiger partial charge in [-0.15, -0.1) is 0 Å². The largest absolute Gasteiger partial charge is 0.326 e. The summed E-state index contributed by atoms with van der Waals surface area (Å²) >= 11 is 0. The molecule has 0 radical (unpaired) electrons. The van der Waals surface area contributed by atoms with Crippen molar-refractivity contribution in [2.45, 2.75) is 46.0 Å². The van der Waals surface area contributed by atoms with Gasteiger partial charge in [0, 0.05) is 18.7 Å². The van der Waals surface area contributed by atoms with Crippen LogP contribution in [0.25, 0.3) is 0 Å². The summed E-state index contributed by atoms with van der Waals surface area (Å²) in [5.41, 5.74) is 4.29. The average molecular weight is 389 g/mol. The number of nitrogens with zero attached hydrogens (tertiary/aromatic N) is 2. The van der Waals surface area contributed by atoms with Crippen LogP contribution in [0.3, 0.4) is 0 Å². The topological polar surface area (TPSA) is 73.2 Å². The van der Waals surface area contributed by atoms with E-state index in [4.69, 9.17) is 5.26 Å². The predicted molar refractivity (Wildman–Crippen MR) is 115 cm³/mol. The molecule has 1 fully saturated rings. The SMILES string of the molecule is CC(C)c1cccc(C(C)C)c1N1CC(C(=O)Nc2cccc(C#N)c2)CC1=O. The quantitative estimate of drug-likeness (QED) is 0.798. The molecule has 1 aliphatic heterocycles. The monoisotopic (exact) mass is 389 g/mol. The van der Waals surface area contributed by atoms with E-state index in [-0.39, 0.29) is 30.1 Å². The third-order valence-corrected chi connectivity index (χ3v) is 5.37. The Bertz CT molecular complexity index is 946. The molecule has 2 amide bonds. The minimum absolute atomic E-state index is 0.0223. The van der Waals surface area contributed by atoms with E-state index in [0.717, 1.165) is 16.8 Å². The summed E-state index contributed by atoms with van der Waals surface area (Å²) in [5.74, 6) is -0.0836. The number of para-hydroxylation sites is 1. The molecule has 5 nitrogen and oxygen atoms in total. The highest BCUT2D eigenvalue weighted by atomic mass is 16.2. The highest BCUT2D eigenvalue weighted by Gasteiger charge is 2.37. The Morgan fingerprint density at radius 2 is 1.72 bits per heavy atom. The molecule has 0 bridgehead atoms. The number of hydrogen-bond donors (Lipinski definition) is 1. The molecule has 1 heterocycles. The molecule has 29 heavy (non-hydrogen) atoms. The van der Waals surface area contributed by atoms with Crippen LogP contribution in [0, 0.1) is 17.2 Å². The number of nitriles is 1. The zero-order chi connectivity index (χ0) is 21.1.